The van der Waals surface area contributed by atoms with Crippen LogP contribution in [-0.4, -0.2) is 23.3 Å². The molecule has 4 rings (SSSR count). The van der Waals surface area contributed by atoms with Gasteiger partial charge in [-0.05, 0) is 66.8 Å². The molecule has 4 aromatic rings. The molecule has 4 nitrogen and oxygen atoms in total. The maximum atomic E-state index is 6.05. The Bertz CT molecular complexity index is 1210. The van der Waals surface area contributed by atoms with Crippen molar-refractivity contribution in [3.05, 3.63) is 101 Å². The third-order valence-corrected chi connectivity index (χ3v) is 5.90. The van der Waals surface area contributed by atoms with Gasteiger partial charge in [0.05, 0.1) is 24.8 Å². The lowest BCUT2D eigenvalue weighted by molar-refractivity contribution is 0.283. The molecule has 0 amide bonds. The SMILES string of the molecule is C=CCc1ccc(OCCCCn2c(Cc3ccc(Cl)cc3)nc3ccccc32)c(OC)c1. The number of rotatable bonds is 11. The minimum Gasteiger partial charge on any atom is -0.493 e. The number of unbranched alkanes of at least 4 members (excludes halogenated alkanes) is 1. The second kappa shape index (κ2) is 11.1. The quantitative estimate of drug-likeness (QED) is 0.181. The largest absolute Gasteiger partial charge is 0.493 e. The van der Waals surface area contributed by atoms with E-state index < -0.39 is 0 Å². The molecule has 0 saturated carbocycles. The van der Waals surface area contributed by atoms with E-state index in [9.17, 15) is 0 Å². The minimum absolute atomic E-state index is 0.635. The fourth-order valence-corrected chi connectivity index (χ4v) is 4.10. The van der Waals surface area contributed by atoms with Gasteiger partial charge >= 0.3 is 0 Å². The number of benzene rings is 3. The van der Waals surface area contributed by atoms with Crippen molar-refractivity contribution in [1.29, 1.82) is 0 Å². The third kappa shape index (κ3) is 5.77. The van der Waals surface area contributed by atoms with Gasteiger partial charge in [-0.2, -0.15) is 0 Å². The van der Waals surface area contributed by atoms with Crippen LogP contribution in [0.15, 0.2) is 79.4 Å². The van der Waals surface area contributed by atoms with Crippen molar-refractivity contribution in [3.8, 4) is 11.5 Å². The highest BCUT2D eigenvalue weighted by Gasteiger charge is 2.11. The fraction of sp³-hybridized carbons (Fsp3) is 0.250. The van der Waals surface area contributed by atoms with Crippen molar-refractivity contribution in [2.45, 2.75) is 32.2 Å². The average Bonchev–Trinajstić information content (AvgIpc) is 3.18. The summed E-state index contributed by atoms with van der Waals surface area (Å²) in [5.74, 6) is 2.61. The van der Waals surface area contributed by atoms with Gasteiger partial charge in [0, 0.05) is 18.0 Å². The topological polar surface area (TPSA) is 36.3 Å². The summed E-state index contributed by atoms with van der Waals surface area (Å²) < 4.78 is 13.8. The molecule has 33 heavy (non-hydrogen) atoms. The fourth-order valence-electron chi connectivity index (χ4n) is 3.97. The van der Waals surface area contributed by atoms with E-state index in [1.165, 1.54) is 11.1 Å². The van der Waals surface area contributed by atoms with Gasteiger partial charge in [-0.15, -0.1) is 6.58 Å². The Labute approximate surface area is 200 Å². The summed E-state index contributed by atoms with van der Waals surface area (Å²) in [6.07, 6.45) is 5.40. The van der Waals surface area contributed by atoms with Gasteiger partial charge in [-0.3, -0.25) is 0 Å². The Morgan fingerprint density at radius 2 is 1.76 bits per heavy atom. The van der Waals surface area contributed by atoms with Crippen LogP contribution in [-0.2, 0) is 19.4 Å². The van der Waals surface area contributed by atoms with Crippen molar-refractivity contribution in [2.75, 3.05) is 13.7 Å². The molecule has 0 fully saturated rings. The lowest BCUT2D eigenvalue weighted by Crippen LogP contribution is -2.07. The summed E-state index contributed by atoms with van der Waals surface area (Å²) in [6, 6.07) is 22.3. The Morgan fingerprint density at radius 3 is 2.55 bits per heavy atom. The number of hydrogen-bond acceptors (Lipinski definition) is 3. The summed E-state index contributed by atoms with van der Waals surface area (Å²) >= 11 is 6.05. The molecule has 1 aromatic heterocycles. The van der Waals surface area contributed by atoms with Crippen LogP contribution in [0, 0.1) is 0 Å². The van der Waals surface area contributed by atoms with Gasteiger partial charge in [-0.1, -0.05) is 48.0 Å². The molecule has 0 saturated heterocycles. The first-order valence-corrected chi connectivity index (χ1v) is 11.6. The number of fused-ring (bicyclic) bond motifs is 1. The molecule has 0 atom stereocenters. The zero-order chi connectivity index (χ0) is 23.0. The summed E-state index contributed by atoms with van der Waals surface area (Å²) in [7, 11) is 1.67. The van der Waals surface area contributed by atoms with Gasteiger partial charge < -0.3 is 14.0 Å². The molecular weight excluding hydrogens is 432 g/mol. The van der Waals surface area contributed by atoms with Crippen LogP contribution < -0.4 is 9.47 Å². The molecule has 170 valence electrons. The minimum atomic E-state index is 0.635. The Kier molecular flexibility index (Phi) is 7.69. The number of methoxy groups -OCH3 is 1. The Hall–Kier alpha value is -3.24. The van der Waals surface area contributed by atoms with Crippen molar-refractivity contribution in [3.63, 3.8) is 0 Å². The smallest absolute Gasteiger partial charge is 0.161 e. The molecule has 0 bridgehead atoms. The molecule has 1 heterocycles. The number of aryl methyl sites for hydroxylation is 1. The third-order valence-electron chi connectivity index (χ3n) is 5.65. The number of imidazole rings is 1. The van der Waals surface area contributed by atoms with Crippen LogP contribution in [0.3, 0.4) is 0 Å². The molecule has 0 N–H and O–H groups in total. The summed E-state index contributed by atoms with van der Waals surface area (Å²) in [4.78, 5) is 4.90. The first-order valence-electron chi connectivity index (χ1n) is 11.3. The lowest BCUT2D eigenvalue weighted by Gasteiger charge is -2.13. The van der Waals surface area contributed by atoms with Crippen LogP contribution in [0.5, 0.6) is 11.5 Å². The number of hydrogen-bond donors (Lipinski definition) is 0. The zero-order valence-corrected chi connectivity index (χ0v) is 19.7. The van der Waals surface area contributed by atoms with E-state index >= 15 is 0 Å². The van der Waals surface area contributed by atoms with Gasteiger partial charge in [0.25, 0.3) is 0 Å². The summed E-state index contributed by atoms with van der Waals surface area (Å²) in [5, 5.41) is 0.749. The van der Waals surface area contributed by atoms with Crippen LogP contribution in [0.1, 0.15) is 29.8 Å². The molecule has 0 aliphatic rings. The highest BCUT2D eigenvalue weighted by molar-refractivity contribution is 6.30. The van der Waals surface area contributed by atoms with E-state index in [0.717, 1.165) is 65.7 Å². The van der Waals surface area contributed by atoms with E-state index in [0.29, 0.717) is 6.61 Å². The van der Waals surface area contributed by atoms with E-state index in [2.05, 4.69) is 47.5 Å². The van der Waals surface area contributed by atoms with Crippen LogP contribution in [0.25, 0.3) is 11.0 Å². The first kappa shape index (κ1) is 22.9. The number of nitrogens with zero attached hydrogens (tertiary/aromatic N) is 2. The molecule has 5 heteroatoms. The van der Waals surface area contributed by atoms with Crippen LogP contribution in [0.2, 0.25) is 5.02 Å². The molecular formula is C28H29ClN2O2. The van der Waals surface area contributed by atoms with E-state index in [1.807, 2.05) is 36.4 Å². The van der Waals surface area contributed by atoms with Crippen LogP contribution >= 0.6 is 11.6 Å². The molecule has 0 spiro atoms. The van der Waals surface area contributed by atoms with E-state index in [-0.39, 0.29) is 0 Å². The Morgan fingerprint density at radius 1 is 0.970 bits per heavy atom. The molecule has 0 radical (unpaired) electrons. The number of allylic oxidation sites excluding steroid dienone is 1. The number of para-hydroxylation sites is 2. The van der Waals surface area contributed by atoms with E-state index in [4.69, 9.17) is 26.1 Å². The second-order valence-electron chi connectivity index (χ2n) is 8.01. The molecule has 0 aliphatic carbocycles. The number of aromatic nitrogens is 2. The lowest BCUT2D eigenvalue weighted by atomic mass is 10.1. The average molecular weight is 461 g/mol. The Balaban J connectivity index is 1.39. The molecule has 0 unspecified atom stereocenters. The highest BCUT2D eigenvalue weighted by Crippen LogP contribution is 2.28. The molecule has 3 aromatic carbocycles. The standard InChI is InChI=1S/C28H29ClN2O2/c1-3-8-21-13-16-26(27(19-21)32-2)33-18-7-6-17-31-25-10-5-4-9-24(25)30-28(31)20-22-11-14-23(29)15-12-22/h3-5,9-16,19H,1,6-8,17-18,20H2,2H3. The van der Waals surface area contributed by atoms with E-state index in [1.54, 1.807) is 7.11 Å². The first-order chi connectivity index (χ1) is 16.2. The van der Waals surface area contributed by atoms with Crippen molar-refractivity contribution in [2.24, 2.45) is 0 Å². The molecule has 0 aliphatic heterocycles. The monoisotopic (exact) mass is 460 g/mol. The second-order valence-corrected chi connectivity index (χ2v) is 8.44. The maximum absolute atomic E-state index is 6.05. The van der Waals surface area contributed by atoms with Crippen molar-refractivity contribution in [1.82, 2.24) is 9.55 Å². The summed E-state index contributed by atoms with van der Waals surface area (Å²) in [5.41, 5.74) is 4.56. The normalized spacial score (nSPS) is 11.0. The highest BCUT2D eigenvalue weighted by atomic mass is 35.5. The zero-order valence-electron chi connectivity index (χ0n) is 19.0. The van der Waals surface area contributed by atoms with Gasteiger partial charge in [0.15, 0.2) is 11.5 Å². The number of halogens is 1. The predicted molar refractivity (Wildman–Crippen MR) is 136 cm³/mol. The van der Waals surface area contributed by atoms with Gasteiger partial charge in [0.2, 0.25) is 0 Å². The van der Waals surface area contributed by atoms with Crippen molar-refractivity contribution < 1.29 is 9.47 Å². The van der Waals surface area contributed by atoms with Gasteiger partial charge in [-0.25, -0.2) is 4.98 Å². The maximum Gasteiger partial charge on any atom is 0.161 e. The predicted octanol–water partition coefficient (Wildman–Crippen LogP) is 6.88. The van der Waals surface area contributed by atoms with Gasteiger partial charge in [0.1, 0.15) is 5.82 Å². The number of ether oxygens (including phenoxy) is 2. The van der Waals surface area contributed by atoms with Crippen LogP contribution in [0.4, 0.5) is 0 Å². The summed E-state index contributed by atoms with van der Waals surface area (Å²) in [6.45, 7) is 5.32. The van der Waals surface area contributed by atoms with Crippen molar-refractivity contribution >= 4 is 22.6 Å².